The first-order chi connectivity index (χ1) is 14.4. The van der Waals surface area contributed by atoms with E-state index in [1.807, 2.05) is 30.3 Å². The van der Waals surface area contributed by atoms with Gasteiger partial charge in [0.1, 0.15) is 5.69 Å². The number of piperidine rings is 1. The Morgan fingerprint density at radius 1 is 1.23 bits per heavy atom. The average molecular weight is 411 g/mol. The Morgan fingerprint density at radius 2 is 2.00 bits per heavy atom. The van der Waals surface area contributed by atoms with Gasteiger partial charge in [-0.25, -0.2) is 4.79 Å². The van der Waals surface area contributed by atoms with Crippen LogP contribution in [0.25, 0.3) is 0 Å². The fourth-order valence-electron chi connectivity index (χ4n) is 3.47. The number of nitro groups is 1. The van der Waals surface area contributed by atoms with Crippen molar-refractivity contribution in [1.82, 2.24) is 4.90 Å². The summed E-state index contributed by atoms with van der Waals surface area (Å²) in [7, 11) is 0. The van der Waals surface area contributed by atoms with Crippen molar-refractivity contribution in [1.29, 1.82) is 0 Å². The molecule has 1 N–H and O–H groups in total. The lowest BCUT2D eigenvalue weighted by Crippen LogP contribution is -2.41. The molecule has 3 rings (SSSR count). The lowest BCUT2D eigenvalue weighted by Gasteiger charge is -2.30. The second-order valence-electron chi connectivity index (χ2n) is 7.49. The maximum atomic E-state index is 12.3. The second-order valence-corrected chi connectivity index (χ2v) is 7.49. The molecule has 158 valence electrons. The summed E-state index contributed by atoms with van der Waals surface area (Å²) in [5.41, 5.74) is 1.09. The van der Waals surface area contributed by atoms with Gasteiger partial charge >= 0.3 is 5.97 Å². The molecule has 1 saturated heterocycles. The third-order valence-corrected chi connectivity index (χ3v) is 5.09. The number of carbonyl (C=O) groups excluding carboxylic acids is 2. The van der Waals surface area contributed by atoms with Crippen LogP contribution in [0.2, 0.25) is 0 Å². The number of carbonyl (C=O) groups is 2. The van der Waals surface area contributed by atoms with Gasteiger partial charge in [-0.1, -0.05) is 37.3 Å². The van der Waals surface area contributed by atoms with Crippen LogP contribution in [0, 0.1) is 16.0 Å². The first kappa shape index (κ1) is 21.3. The van der Waals surface area contributed by atoms with E-state index in [2.05, 4.69) is 12.2 Å². The molecular weight excluding hydrogens is 386 g/mol. The topological polar surface area (TPSA) is 102 Å². The first-order valence-electron chi connectivity index (χ1n) is 9.95. The van der Waals surface area contributed by atoms with Crippen LogP contribution in [0.3, 0.4) is 0 Å². The molecule has 0 radical (unpaired) electrons. The Balaban J connectivity index is 1.62. The maximum absolute atomic E-state index is 12.3. The van der Waals surface area contributed by atoms with E-state index in [0.717, 1.165) is 18.4 Å². The molecule has 2 aromatic rings. The lowest BCUT2D eigenvalue weighted by molar-refractivity contribution is -0.384. The summed E-state index contributed by atoms with van der Waals surface area (Å²) in [5.74, 6) is -0.575. The van der Waals surface area contributed by atoms with Crippen LogP contribution in [0.5, 0.6) is 0 Å². The van der Waals surface area contributed by atoms with Crippen LogP contribution in [0.4, 0.5) is 11.4 Å². The largest absolute Gasteiger partial charge is 0.452 e. The molecule has 30 heavy (non-hydrogen) atoms. The number of benzene rings is 2. The minimum atomic E-state index is -0.758. The van der Waals surface area contributed by atoms with Crippen molar-refractivity contribution in [2.45, 2.75) is 26.3 Å². The molecule has 0 bridgehead atoms. The van der Waals surface area contributed by atoms with Crippen molar-refractivity contribution in [3.63, 3.8) is 0 Å². The van der Waals surface area contributed by atoms with E-state index in [9.17, 15) is 19.7 Å². The van der Waals surface area contributed by atoms with Crippen LogP contribution in [-0.2, 0) is 16.1 Å². The van der Waals surface area contributed by atoms with Gasteiger partial charge in [0, 0.05) is 25.7 Å². The molecule has 0 spiro atoms. The lowest BCUT2D eigenvalue weighted by atomic mass is 10.0. The number of rotatable bonds is 7. The smallest absolute Gasteiger partial charge is 0.338 e. The van der Waals surface area contributed by atoms with Crippen molar-refractivity contribution < 1.29 is 19.2 Å². The van der Waals surface area contributed by atoms with E-state index in [1.165, 1.54) is 18.2 Å². The van der Waals surface area contributed by atoms with E-state index in [-0.39, 0.29) is 23.8 Å². The summed E-state index contributed by atoms with van der Waals surface area (Å²) >= 11 is 0. The minimum absolute atomic E-state index is 0.0340. The van der Waals surface area contributed by atoms with Gasteiger partial charge in [-0.3, -0.25) is 14.9 Å². The van der Waals surface area contributed by atoms with Crippen LogP contribution >= 0.6 is 0 Å². The molecule has 1 aliphatic heterocycles. The molecule has 1 fully saturated rings. The summed E-state index contributed by atoms with van der Waals surface area (Å²) in [4.78, 5) is 37.2. The number of nitro benzene ring substituents is 1. The van der Waals surface area contributed by atoms with Gasteiger partial charge in [0.15, 0.2) is 6.61 Å². The van der Waals surface area contributed by atoms with Crippen molar-refractivity contribution in [3.8, 4) is 0 Å². The molecule has 1 atom stereocenters. The molecular formula is C22H25N3O5. The molecule has 2 aromatic carbocycles. The quantitative estimate of drug-likeness (QED) is 0.424. The van der Waals surface area contributed by atoms with Gasteiger partial charge in [-0.15, -0.1) is 0 Å². The Labute approximate surface area is 175 Å². The number of likely N-dealkylation sites (tertiary alicyclic amines) is 1. The van der Waals surface area contributed by atoms with E-state index in [4.69, 9.17) is 4.74 Å². The predicted molar refractivity (Wildman–Crippen MR) is 112 cm³/mol. The Hall–Kier alpha value is -3.42. The van der Waals surface area contributed by atoms with Gasteiger partial charge in [0.2, 0.25) is 0 Å². The van der Waals surface area contributed by atoms with Gasteiger partial charge in [0.25, 0.3) is 11.6 Å². The Bertz CT molecular complexity index is 916. The fraction of sp³-hybridized carbons (Fsp3) is 0.364. The zero-order chi connectivity index (χ0) is 21.5. The van der Waals surface area contributed by atoms with E-state index < -0.39 is 10.9 Å². The number of hydrogen-bond donors (Lipinski definition) is 1. The summed E-state index contributed by atoms with van der Waals surface area (Å²) in [6.45, 7) is 3.44. The number of nitrogens with zero attached hydrogens (tertiary/aromatic N) is 2. The fourth-order valence-corrected chi connectivity index (χ4v) is 3.47. The number of nitrogens with one attached hydrogen (secondary N) is 1. The van der Waals surface area contributed by atoms with Gasteiger partial charge in [-0.05, 0) is 36.5 Å². The zero-order valence-corrected chi connectivity index (χ0v) is 16.9. The van der Waals surface area contributed by atoms with Crippen molar-refractivity contribution in [2.24, 2.45) is 5.92 Å². The highest BCUT2D eigenvalue weighted by atomic mass is 16.6. The zero-order valence-electron chi connectivity index (χ0n) is 16.9. The number of amides is 1. The van der Waals surface area contributed by atoms with Crippen LogP contribution in [-0.4, -0.2) is 41.4 Å². The number of esters is 1. The number of ether oxygens (including phenoxy) is 1. The third-order valence-electron chi connectivity index (χ3n) is 5.09. The highest BCUT2D eigenvalue weighted by Crippen LogP contribution is 2.26. The molecule has 0 aliphatic carbocycles. The van der Waals surface area contributed by atoms with Crippen molar-refractivity contribution >= 4 is 23.3 Å². The summed E-state index contributed by atoms with van der Waals surface area (Å²) < 4.78 is 5.11. The molecule has 1 amide bonds. The highest BCUT2D eigenvalue weighted by molar-refractivity contribution is 5.93. The van der Waals surface area contributed by atoms with Crippen molar-refractivity contribution in [2.75, 3.05) is 25.0 Å². The van der Waals surface area contributed by atoms with E-state index in [0.29, 0.717) is 31.2 Å². The summed E-state index contributed by atoms with van der Waals surface area (Å²) in [6.07, 6.45) is 2.02. The SMILES string of the molecule is C[C@@H]1CCCN(C(=O)COC(=O)c2ccc(NCc3ccccc3)c([N+](=O)[O-])c2)C1. The molecule has 1 aliphatic rings. The van der Waals surface area contributed by atoms with Gasteiger partial charge < -0.3 is 15.0 Å². The highest BCUT2D eigenvalue weighted by Gasteiger charge is 2.23. The van der Waals surface area contributed by atoms with Crippen molar-refractivity contribution in [3.05, 3.63) is 69.8 Å². The third kappa shape index (κ3) is 5.56. The Kier molecular flexibility index (Phi) is 7.00. The normalized spacial score (nSPS) is 16.0. The Morgan fingerprint density at radius 3 is 2.70 bits per heavy atom. The van der Waals surface area contributed by atoms with Crippen LogP contribution < -0.4 is 5.32 Å². The molecule has 0 aromatic heterocycles. The van der Waals surface area contributed by atoms with E-state index >= 15 is 0 Å². The van der Waals surface area contributed by atoms with Crippen LogP contribution in [0.15, 0.2) is 48.5 Å². The molecule has 8 heteroatoms. The maximum Gasteiger partial charge on any atom is 0.338 e. The molecule has 8 nitrogen and oxygen atoms in total. The van der Waals surface area contributed by atoms with E-state index in [1.54, 1.807) is 4.90 Å². The first-order valence-corrected chi connectivity index (χ1v) is 9.95. The van der Waals surface area contributed by atoms with Gasteiger partial charge in [0.05, 0.1) is 10.5 Å². The number of hydrogen-bond acceptors (Lipinski definition) is 6. The molecule has 0 unspecified atom stereocenters. The summed E-state index contributed by atoms with van der Waals surface area (Å²) in [6, 6.07) is 13.6. The monoisotopic (exact) mass is 411 g/mol. The standard InChI is InChI=1S/C22H25N3O5/c1-16-6-5-11-24(14-16)21(26)15-30-22(27)18-9-10-19(20(12-18)25(28)29)23-13-17-7-3-2-4-8-17/h2-4,7-10,12,16,23H,5-6,11,13-15H2,1H3/t16-/m1/s1. The molecule has 0 saturated carbocycles. The number of anilines is 1. The summed E-state index contributed by atoms with van der Waals surface area (Å²) in [5, 5.41) is 14.5. The average Bonchev–Trinajstić information content (AvgIpc) is 2.76. The van der Waals surface area contributed by atoms with Gasteiger partial charge in [-0.2, -0.15) is 0 Å². The minimum Gasteiger partial charge on any atom is -0.452 e. The predicted octanol–water partition coefficient (Wildman–Crippen LogP) is 3.62. The molecule has 1 heterocycles. The van der Waals surface area contributed by atoms with Crippen LogP contribution in [0.1, 0.15) is 35.7 Å². The second kappa shape index (κ2) is 9.87.